The number of carbonyl (C=O) groups excluding carboxylic acids is 1. The van der Waals surface area contributed by atoms with E-state index in [4.69, 9.17) is 9.47 Å². The summed E-state index contributed by atoms with van der Waals surface area (Å²) in [7, 11) is 0. The van der Waals surface area contributed by atoms with E-state index >= 15 is 0 Å². The summed E-state index contributed by atoms with van der Waals surface area (Å²) in [6.45, 7) is 0.309. The highest BCUT2D eigenvalue weighted by molar-refractivity contribution is 5.82. The molecule has 0 bridgehead atoms. The van der Waals surface area contributed by atoms with Gasteiger partial charge in [0, 0.05) is 12.6 Å². The van der Waals surface area contributed by atoms with E-state index in [1.54, 1.807) is 0 Å². The zero-order valence-electron chi connectivity index (χ0n) is 11.7. The largest absolute Gasteiger partial charge is 0.411 e. The first-order valence-corrected chi connectivity index (χ1v) is 7.24. The maximum Gasteiger partial charge on any atom is 0.411 e. The Bertz CT molecular complexity index is 346. The van der Waals surface area contributed by atoms with E-state index in [-0.39, 0.29) is 18.0 Å². The molecule has 2 rings (SSSR count). The summed E-state index contributed by atoms with van der Waals surface area (Å²) in [6.07, 6.45) is -2.20. The van der Waals surface area contributed by atoms with Crippen molar-refractivity contribution in [1.29, 1.82) is 0 Å². The van der Waals surface area contributed by atoms with Crippen LogP contribution in [0.15, 0.2) is 0 Å². The molecule has 1 saturated carbocycles. The molecule has 1 aliphatic heterocycles. The van der Waals surface area contributed by atoms with Crippen LogP contribution < -0.4 is 10.6 Å². The van der Waals surface area contributed by atoms with Crippen LogP contribution in [-0.2, 0) is 14.3 Å². The lowest BCUT2D eigenvalue weighted by Gasteiger charge is -2.32. The fourth-order valence-corrected chi connectivity index (χ4v) is 2.68. The Morgan fingerprint density at radius 2 is 2.19 bits per heavy atom. The first-order chi connectivity index (χ1) is 9.94. The summed E-state index contributed by atoms with van der Waals surface area (Å²) in [5.74, 6) is -0.156. The van der Waals surface area contributed by atoms with Gasteiger partial charge in [-0.25, -0.2) is 0 Å². The van der Waals surface area contributed by atoms with Crippen LogP contribution in [0, 0.1) is 0 Å². The van der Waals surface area contributed by atoms with E-state index in [1.165, 1.54) is 0 Å². The van der Waals surface area contributed by atoms with Crippen molar-refractivity contribution in [2.75, 3.05) is 26.4 Å². The molecule has 3 atom stereocenters. The van der Waals surface area contributed by atoms with Gasteiger partial charge in [-0.2, -0.15) is 13.2 Å². The molecule has 0 aromatic heterocycles. The predicted molar refractivity (Wildman–Crippen MR) is 68.8 cm³/mol. The summed E-state index contributed by atoms with van der Waals surface area (Å²) < 4.78 is 46.5. The molecule has 2 fully saturated rings. The third-order valence-electron chi connectivity index (χ3n) is 3.69. The van der Waals surface area contributed by atoms with E-state index in [9.17, 15) is 18.0 Å². The van der Waals surface area contributed by atoms with E-state index in [2.05, 4.69) is 10.6 Å². The highest BCUT2D eigenvalue weighted by atomic mass is 19.4. The van der Waals surface area contributed by atoms with Crippen LogP contribution in [0.3, 0.4) is 0 Å². The van der Waals surface area contributed by atoms with Crippen molar-refractivity contribution in [3.63, 3.8) is 0 Å². The van der Waals surface area contributed by atoms with Crippen molar-refractivity contribution in [2.45, 2.75) is 50.0 Å². The van der Waals surface area contributed by atoms with E-state index in [0.29, 0.717) is 32.6 Å². The zero-order valence-corrected chi connectivity index (χ0v) is 11.7. The molecular formula is C13H21F3N2O3. The average Bonchev–Trinajstić information content (AvgIpc) is 2.46. The molecule has 1 saturated heterocycles. The second-order valence-corrected chi connectivity index (χ2v) is 5.50. The summed E-state index contributed by atoms with van der Waals surface area (Å²) in [5, 5.41) is 5.92. The molecule has 3 unspecified atom stereocenters. The Morgan fingerprint density at radius 3 is 2.86 bits per heavy atom. The maximum atomic E-state index is 12.1. The third kappa shape index (κ3) is 5.80. The van der Waals surface area contributed by atoms with Gasteiger partial charge in [-0.15, -0.1) is 0 Å². The van der Waals surface area contributed by atoms with Gasteiger partial charge < -0.3 is 20.1 Å². The number of rotatable bonds is 4. The molecule has 2 N–H and O–H groups in total. The van der Waals surface area contributed by atoms with Crippen LogP contribution in [0.25, 0.3) is 0 Å². The number of ether oxygens (including phenoxy) is 2. The molecule has 1 amide bonds. The van der Waals surface area contributed by atoms with Crippen LogP contribution in [0.5, 0.6) is 0 Å². The molecule has 5 nitrogen and oxygen atoms in total. The predicted octanol–water partition coefficient (Wildman–Crippen LogP) is 0.981. The molecular weight excluding hydrogens is 289 g/mol. The number of carbonyl (C=O) groups is 1. The highest BCUT2D eigenvalue weighted by Gasteiger charge is 2.32. The smallest absolute Gasteiger partial charge is 0.378 e. The van der Waals surface area contributed by atoms with Gasteiger partial charge in [0.2, 0.25) is 5.91 Å². The molecule has 1 heterocycles. The minimum absolute atomic E-state index is 0.131. The number of alkyl halides is 3. The number of hydrogen-bond acceptors (Lipinski definition) is 4. The van der Waals surface area contributed by atoms with Gasteiger partial charge in [-0.05, 0) is 25.7 Å². The standard InChI is InChI=1S/C13H21F3N2O3/c14-13(15,16)8-21-10-3-1-2-9(6-10)18-12(19)11-7-20-5-4-17-11/h9-11,17H,1-8H2,(H,18,19). The van der Waals surface area contributed by atoms with Gasteiger partial charge >= 0.3 is 6.18 Å². The van der Waals surface area contributed by atoms with Crippen molar-refractivity contribution in [1.82, 2.24) is 10.6 Å². The quantitative estimate of drug-likeness (QED) is 0.813. The second kappa shape index (κ2) is 7.42. The Morgan fingerprint density at radius 1 is 1.38 bits per heavy atom. The molecule has 21 heavy (non-hydrogen) atoms. The minimum atomic E-state index is -4.31. The lowest BCUT2D eigenvalue weighted by Crippen LogP contribution is -2.54. The maximum absolute atomic E-state index is 12.1. The Hall–Kier alpha value is -0.860. The Kier molecular flexibility index (Phi) is 5.83. The fraction of sp³-hybridized carbons (Fsp3) is 0.923. The van der Waals surface area contributed by atoms with Crippen LogP contribution in [0.4, 0.5) is 13.2 Å². The first-order valence-electron chi connectivity index (χ1n) is 7.24. The number of morpholine rings is 1. The van der Waals surface area contributed by atoms with Crippen LogP contribution >= 0.6 is 0 Å². The second-order valence-electron chi connectivity index (χ2n) is 5.50. The average molecular weight is 310 g/mol. The lowest BCUT2D eigenvalue weighted by atomic mass is 9.92. The van der Waals surface area contributed by atoms with Crippen LogP contribution in [0.2, 0.25) is 0 Å². The van der Waals surface area contributed by atoms with Gasteiger partial charge in [0.1, 0.15) is 12.6 Å². The minimum Gasteiger partial charge on any atom is -0.378 e. The molecule has 0 aromatic rings. The molecule has 0 spiro atoms. The summed E-state index contributed by atoms with van der Waals surface area (Å²) in [6, 6.07) is -0.511. The summed E-state index contributed by atoms with van der Waals surface area (Å²) in [5.41, 5.74) is 0. The van der Waals surface area contributed by atoms with Gasteiger partial charge in [0.05, 0.1) is 19.3 Å². The molecule has 2 aliphatic rings. The number of nitrogens with one attached hydrogen (secondary N) is 2. The van der Waals surface area contributed by atoms with Gasteiger partial charge in [-0.1, -0.05) is 0 Å². The highest BCUT2D eigenvalue weighted by Crippen LogP contribution is 2.24. The number of amides is 1. The van der Waals surface area contributed by atoms with Crippen molar-refractivity contribution in [2.24, 2.45) is 0 Å². The topological polar surface area (TPSA) is 59.6 Å². The van der Waals surface area contributed by atoms with Crippen LogP contribution in [0.1, 0.15) is 25.7 Å². The Balaban J connectivity index is 1.74. The lowest BCUT2D eigenvalue weighted by molar-refractivity contribution is -0.188. The number of hydrogen-bond donors (Lipinski definition) is 2. The van der Waals surface area contributed by atoms with Gasteiger partial charge in [0.15, 0.2) is 0 Å². The molecule has 0 aromatic carbocycles. The normalized spacial score (nSPS) is 30.9. The third-order valence-corrected chi connectivity index (χ3v) is 3.69. The molecule has 122 valence electrons. The van der Waals surface area contributed by atoms with E-state index in [1.807, 2.05) is 0 Å². The van der Waals surface area contributed by atoms with Crippen LogP contribution in [-0.4, -0.2) is 56.6 Å². The summed E-state index contributed by atoms with van der Waals surface area (Å²) in [4.78, 5) is 12.0. The van der Waals surface area contributed by atoms with Crippen molar-refractivity contribution in [3.8, 4) is 0 Å². The SMILES string of the molecule is O=C(NC1CCCC(OCC(F)(F)F)C1)C1COCCN1. The fourth-order valence-electron chi connectivity index (χ4n) is 2.68. The molecule has 1 aliphatic carbocycles. The molecule has 8 heteroatoms. The van der Waals surface area contributed by atoms with Gasteiger partial charge in [0.25, 0.3) is 0 Å². The first kappa shape index (κ1) is 16.5. The van der Waals surface area contributed by atoms with Crippen molar-refractivity contribution < 1.29 is 27.4 Å². The van der Waals surface area contributed by atoms with E-state index < -0.39 is 18.9 Å². The van der Waals surface area contributed by atoms with Crippen molar-refractivity contribution in [3.05, 3.63) is 0 Å². The van der Waals surface area contributed by atoms with Crippen molar-refractivity contribution >= 4 is 5.91 Å². The monoisotopic (exact) mass is 310 g/mol. The zero-order chi connectivity index (χ0) is 15.3. The number of halogens is 3. The Labute approximate surface area is 121 Å². The van der Waals surface area contributed by atoms with Gasteiger partial charge in [-0.3, -0.25) is 4.79 Å². The van der Waals surface area contributed by atoms with E-state index in [0.717, 1.165) is 12.8 Å². The molecule has 0 radical (unpaired) electrons. The summed E-state index contributed by atoms with van der Waals surface area (Å²) >= 11 is 0.